The maximum absolute atomic E-state index is 13.3. The predicted octanol–water partition coefficient (Wildman–Crippen LogP) is 4.90. The molecule has 0 aromatic heterocycles. The van der Waals surface area contributed by atoms with Gasteiger partial charge < -0.3 is 25.2 Å². The number of amides is 2. The molecule has 0 saturated heterocycles. The van der Waals surface area contributed by atoms with Crippen molar-refractivity contribution in [1.82, 2.24) is 0 Å². The molecule has 3 aromatic carbocycles. The van der Waals surface area contributed by atoms with Crippen LogP contribution in [-0.2, 0) is 14.4 Å². The first kappa shape index (κ1) is 24.9. The lowest BCUT2D eigenvalue weighted by atomic mass is 10.1. The van der Waals surface area contributed by atoms with E-state index < -0.39 is 17.1 Å². The zero-order chi connectivity index (χ0) is 25.5. The van der Waals surface area contributed by atoms with Crippen molar-refractivity contribution in [3.63, 3.8) is 0 Å². The molecule has 4 rings (SSSR count). The van der Waals surface area contributed by atoms with Crippen LogP contribution in [0.1, 0.15) is 17.7 Å². The van der Waals surface area contributed by atoms with Gasteiger partial charge in [-0.15, -0.1) is 11.8 Å². The topological polar surface area (TPSA) is 114 Å². The summed E-state index contributed by atoms with van der Waals surface area (Å²) in [5, 5.41) is 14.0. The number of nitrogens with one attached hydrogen (secondary N) is 2. The van der Waals surface area contributed by atoms with Gasteiger partial charge in [0, 0.05) is 34.0 Å². The molecular weight excluding hydrogens is 480 g/mol. The summed E-state index contributed by atoms with van der Waals surface area (Å²) in [4.78, 5) is 37.0. The second-order valence-electron chi connectivity index (χ2n) is 7.90. The lowest BCUT2D eigenvalue weighted by Crippen LogP contribution is -2.20. The highest BCUT2D eigenvalue weighted by Crippen LogP contribution is 2.38. The molecule has 1 aliphatic rings. The Kier molecular flexibility index (Phi) is 7.92. The van der Waals surface area contributed by atoms with Crippen molar-refractivity contribution in [2.24, 2.45) is 0 Å². The van der Waals surface area contributed by atoms with Crippen LogP contribution in [0.3, 0.4) is 0 Å². The van der Waals surface area contributed by atoms with Crippen LogP contribution in [0.2, 0.25) is 0 Å². The van der Waals surface area contributed by atoms with E-state index >= 15 is 0 Å². The number of fused-ring (bicyclic) bond motifs is 1. The molecule has 0 saturated carbocycles. The first-order chi connectivity index (χ1) is 17.4. The molecule has 8 nitrogen and oxygen atoms in total. The van der Waals surface area contributed by atoms with E-state index in [9.17, 15) is 14.4 Å². The SMILES string of the molecule is C/C(=C\C(=O)Nc1ccc(S[C@H](C(=O)Nc2ccc3c(c2)OCCO3)c2ccccc2)cc1)C(=O)O. The molecule has 1 heterocycles. The standard InChI is InChI=1S/C27H24N2O6S/c1-17(27(32)33)15-24(30)28-19-7-10-21(11-8-19)36-25(18-5-3-2-4-6-18)26(31)29-20-9-12-22-23(16-20)35-14-13-34-22/h2-12,15-16,25H,13-14H2,1H3,(H,28,30)(H,29,31)(H,32,33)/b17-15+/t25-/m0/s1. The van der Waals surface area contributed by atoms with Gasteiger partial charge in [0.1, 0.15) is 18.5 Å². The van der Waals surface area contributed by atoms with Gasteiger partial charge in [0.05, 0.1) is 0 Å². The molecule has 2 amide bonds. The van der Waals surface area contributed by atoms with Gasteiger partial charge in [-0.3, -0.25) is 9.59 Å². The molecule has 0 fully saturated rings. The monoisotopic (exact) mass is 504 g/mol. The van der Waals surface area contributed by atoms with Crippen molar-refractivity contribution < 1.29 is 29.0 Å². The normalized spacial score (nSPS) is 13.4. The zero-order valence-electron chi connectivity index (χ0n) is 19.4. The van der Waals surface area contributed by atoms with Gasteiger partial charge in [0.2, 0.25) is 11.8 Å². The Balaban J connectivity index is 1.48. The van der Waals surface area contributed by atoms with Gasteiger partial charge in [0.25, 0.3) is 0 Å². The molecule has 9 heteroatoms. The number of aliphatic carboxylic acids is 1. The minimum atomic E-state index is -1.15. The third-order valence-corrected chi connectivity index (χ3v) is 6.48. The number of carbonyl (C=O) groups excluding carboxylic acids is 2. The molecule has 0 radical (unpaired) electrons. The number of hydrogen-bond acceptors (Lipinski definition) is 6. The highest BCUT2D eigenvalue weighted by atomic mass is 32.2. The molecule has 3 N–H and O–H groups in total. The Morgan fingerprint density at radius 2 is 1.56 bits per heavy atom. The summed E-state index contributed by atoms with van der Waals surface area (Å²) >= 11 is 1.37. The van der Waals surface area contributed by atoms with Crippen LogP contribution in [0.15, 0.2) is 89.3 Å². The quantitative estimate of drug-likeness (QED) is 0.295. The van der Waals surface area contributed by atoms with Crippen molar-refractivity contribution in [1.29, 1.82) is 0 Å². The van der Waals surface area contributed by atoms with Crippen molar-refractivity contribution >= 4 is 40.9 Å². The molecule has 1 aliphatic heterocycles. The first-order valence-corrected chi connectivity index (χ1v) is 12.0. The van der Waals surface area contributed by atoms with Crippen molar-refractivity contribution in [2.45, 2.75) is 17.1 Å². The van der Waals surface area contributed by atoms with Gasteiger partial charge in [-0.05, 0) is 48.9 Å². The predicted molar refractivity (Wildman–Crippen MR) is 138 cm³/mol. The Morgan fingerprint density at radius 3 is 2.25 bits per heavy atom. The molecule has 36 heavy (non-hydrogen) atoms. The molecular formula is C27H24N2O6S. The van der Waals surface area contributed by atoms with Crippen molar-refractivity contribution in [3.05, 3.63) is 90.0 Å². The van der Waals surface area contributed by atoms with E-state index in [1.807, 2.05) is 30.3 Å². The number of carbonyl (C=O) groups is 3. The van der Waals surface area contributed by atoms with Crippen LogP contribution >= 0.6 is 11.8 Å². The highest BCUT2D eigenvalue weighted by Gasteiger charge is 2.23. The average Bonchev–Trinajstić information content (AvgIpc) is 2.88. The third-order valence-electron chi connectivity index (χ3n) is 5.21. The van der Waals surface area contributed by atoms with Crippen molar-refractivity contribution in [3.8, 4) is 11.5 Å². The van der Waals surface area contributed by atoms with Crippen LogP contribution in [0, 0.1) is 0 Å². The molecule has 184 valence electrons. The largest absolute Gasteiger partial charge is 0.486 e. The number of rotatable bonds is 8. The minimum Gasteiger partial charge on any atom is -0.486 e. The van der Waals surface area contributed by atoms with Crippen LogP contribution in [0.25, 0.3) is 0 Å². The van der Waals surface area contributed by atoms with Gasteiger partial charge in [-0.2, -0.15) is 0 Å². The smallest absolute Gasteiger partial charge is 0.331 e. The minimum absolute atomic E-state index is 0.0607. The van der Waals surface area contributed by atoms with Gasteiger partial charge in [-0.25, -0.2) is 4.79 Å². The second-order valence-corrected chi connectivity index (χ2v) is 9.08. The number of ether oxygens (including phenoxy) is 2. The van der Waals surface area contributed by atoms with Crippen LogP contribution in [0.5, 0.6) is 11.5 Å². The lowest BCUT2D eigenvalue weighted by Gasteiger charge is -2.20. The summed E-state index contributed by atoms with van der Waals surface area (Å²) < 4.78 is 11.2. The first-order valence-electron chi connectivity index (χ1n) is 11.1. The summed E-state index contributed by atoms with van der Waals surface area (Å²) in [5.41, 5.74) is 1.89. The maximum atomic E-state index is 13.3. The van der Waals surface area contributed by atoms with Crippen LogP contribution in [0.4, 0.5) is 11.4 Å². The average molecular weight is 505 g/mol. The fraction of sp³-hybridized carbons (Fsp3) is 0.148. The summed E-state index contributed by atoms with van der Waals surface area (Å²) in [5.74, 6) is -0.646. The number of thioether (sulfide) groups is 1. The van der Waals surface area contributed by atoms with E-state index in [0.717, 1.165) is 16.5 Å². The summed E-state index contributed by atoms with van der Waals surface area (Å²) in [6.45, 7) is 2.30. The second kappa shape index (κ2) is 11.5. The zero-order valence-corrected chi connectivity index (χ0v) is 20.2. The maximum Gasteiger partial charge on any atom is 0.331 e. The fourth-order valence-electron chi connectivity index (χ4n) is 3.42. The number of anilines is 2. The van der Waals surface area contributed by atoms with Gasteiger partial charge in [0.15, 0.2) is 11.5 Å². The molecule has 0 aliphatic carbocycles. The third kappa shape index (κ3) is 6.45. The van der Waals surface area contributed by atoms with E-state index in [4.69, 9.17) is 14.6 Å². The van der Waals surface area contributed by atoms with E-state index in [0.29, 0.717) is 36.1 Å². The van der Waals surface area contributed by atoms with E-state index in [-0.39, 0.29) is 11.5 Å². The van der Waals surface area contributed by atoms with E-state index in [1.54, 1.807) is 42.5 Å². The number of carboxylic acid groups (broad SMARTS) is 1. The van der Waals surface area contributed by atoms with Crippen LogP contribution in [-0.4, -0.2) is 36.1 Å². The Labute approximate surface area is 212 Å². The molecule has 0 unspecified atom stereocenters. The molecule has 1 atom stereocenters. The fourth-order valence-corrected chi connectivity index (χ4v) is 4.44. The van der Waals surface area contributed by atoms with E-state index in [2.05, 4.69) is 10.6 Å². The van der Waals surface area contributed by atoms with Gasteiger partial charge in [-0.1, -0.05) is 30.3 Å². The molecule has 0 spiro atoms. The summed E-state index contributed by atoms with van der Waals surface area (Å²) in [6.07, 6.45) is 1.03. The Hall–Kier alpha value is -4.24. The molecule has 0 bridgehead atoms. The number of hydrogen-bond donors (Lipinski definition) is 3. The Morgan fingerprint density at radius 1 is 0.889 bits per heavy atom. The number of carboxylic acids is 1. The summed E-state index contributed by atoms with van der Waals surface area (Å²) in [7, 11) is 0. The number of benzene rings is 3. The summed E-state index contributed by atoms with van der Waals surface area (Å²) in [6, 6.07) is 21.7. The van der Waals surface area contributed by atoms with Crippen LogP contribution < -0.4 is 20.1 Å². The highest BCUT2D eigenvalue weighted by molar-refractivity contribution is 8.00. The molecule has 3 aromatic rings. The van der Waals surface area contributed by atoms with Gasteiger partial charge >= 0.3 is 5.97 Å². The Bertz CT molecular complexity index is 1290. The lowest BCUT2D eigenvalue weighted by molar-refractivity contribution is -0.132. The van der Waals surface area contributed by atoms with E-state index in [1.165, 1.54) is 18.7 Å². The van der Waals surface area contributed by atoms with Crippen molar-refractivity contribution in [2.75, 3.05) is 23.8 Å².